The molecule has 1 unspecified atom stereocenters. The molecular weight excluding hydrogens is 326 g/mol. The highest BCUT2D eigenvalue weighted by atomic mass is 16.2. The van der Waals surface area contributed by atoms with Crippen molar-refractivity contribution in [1.82, 2.24) is 24.6 Å². The lowest BCUT2D eigenvalue weighted by molar-refractivity contribution is -0.135. The second-order valence-electron chi connectivity index (χ2n) is 7.37. The van der Waals surface area contributed by atoms with Gasteiger partial charge in [0.15, 0.2) is 0 Å². The van der Waals surface area contributed by atoms with Gasteiger partial charge in [0.25, 0.3) is 0 Å². The number of hydrogen-bond acceptors (Lipinski definition) is 3. The van der Waals surface area contributed by atoms with Crippen LogP contribution >= 0.6 is 0 Å². The van der Waals surface area contributed by atoms with Crippen LogP contribution in [0.2, 0.25) is 0 Å². The minimum absolute atomic E-state index is 0.145. The number of nitrogens with zero attached hydrogens (tertiary/aromatic N) is 4. The van der Waals surface area contributed by atoms with Crippen LogP contribution in [0.3, 0.4) is 0 Å². The predicted octanol–water partition coefficient (Wildman–Crippen LogP) is 3.34. The lowest BCUT2D eigenvalue weighted by Crippen LogP contribution is -2.41. The molecule has 3 heterocycles. The maximum absolute atomic E-state index is 12.8. The lowest BCUT2D eigenvalue weighted by Gasteiger charge is -2.32. The average Bonchev–Trinajstić information content (AvgIpc) is 3.28. The normalized spacial score (nSPS) is 17.0. The molecule has 0 aliphatic carbocycles. The van der Waals surface area contributed by atoms with E-state index in [1.165, 1.54) is 5.56 Å². The maximum atomic E-state index is 12.8. The summed E-state index contributed by atoms with van der Waals surface area (Å²) in [4.78, 5) is 23.0. The van der Waals surface area contributed by atoms with Gasteiger partial charge in [-0.2, -0.15) is 5.10 Å². The summed E-state index contributed by atoms with van der Waals surface area (Å²) < 4.78 is 1.76. The molecule has 1 atom stereocenters. The van der Waals surface area contributed by atoms with E-state index < -0.39 is 0 Å². The van der Waals surface area contributed by atoms with Gasteiger partial charge in [0.1, 0.15) is 11.9 Å². The lowest BCUT2D eigenvalue weighted by atomic mass is 9.96. The van der Waals surface area contributed by atoms with E-state index in [0.717, 1.165) is 48.4 Å². The minimum atomic E-state index is -0.255. The first-order valence-corrected chi connectivity index (χ1v) is 9.27. The molecule has 0 radical (unpaired) electrons. The Labute approximate surface area is 153 Å². The van der Waals surface area contributed by atoms with E-state index in [2.05, 4.69) is 35.2 Å². The summed E-state index contributed by atoms with van der Waals surface area (Å²) in [5, 5.41) is 4.28. The van der Waals surface area contributed by atoms with Gasteiger partial charge in [-0.1, -0.05) is 12.1 Å². The summed E-state index contributed by atoms with van der Waals surface area (Å²) in [6.45, 7) is 7.53. The number of carbonyl (C=O) groups is 1. The molecule has 2 aromatic heterocycles. The van der Waals surface area contributed by atoms with Crippen LogP contribution in [0.15, 0.2) is 30.6 Å². The van der Waals surface area contributed by atoms with Gasteiger partial charge in [-0.25, -0.2) is 4.98 Å². The molecule has 0 bridgehead atoms. The Morgan fingerprint density at radius 3 is 2.69 bits per heavy atom. The number of H-pyrrole nitrogens is 1. The summed E-state index contributed by atoms with van der Waals surface area (Å²) in [6, 6.07) is 5.96. The number of likely N-dealkylation sites (tertiary alicyclic amines) is 1. The summed E-state index contributed by atoms with van der Waals surface area (Å²) in [6.07, 6.45) is 5.59. The number of aryl methyl sites for hydroxylation is 2. The fraction of sp³-hybridized carbons (Fsp3) is 0.450. The van der Waals surface area contributed by atoms with Crippen molar-refractivity contribution in [2.75, 3.05) is 13.1 Å². The molecule has 0 saturated carbocycles. The van der Waals surface area contributed by atoms with Crippen LogP contribution < -0.4 is 0 Å². The number of piperidine rings is 1. The topological polar surface area (TPSA) is 66.8 Å². The van der Waals surface area contributed by atoms with Gasteiger partial charge >= 0.3 is 0 Å². The third-order valence-corrected chi connectivity index (χ3v) is 5.41. The number of nitrogens with one attached hydrogen (secondary N) is 1. The zero-order valence-corrected chi connectivity index (χ0v) is 15.6. The number of fused-ring (bicyclic) bond motifs is 1. The van der Waals surface area contributed by atoms with Crippen LogP contribution in [-0.2, 0) is 4.79 Å². The van der Waals surface area contributed by atoms with Crippen LogP contribution in [0.4, 0.5) is 0 Å². The second-order valence-corrected chi connectivity index (χ2v) is 7.37. The number of amides is 1. The van der Waals surface area contributed by atoms with E-state index in [4.69, 9.17) is 4.98 Å². The summed E-state index contributed by atoms with van der Waals surface area (Å²) in [7, 11) is 0. The Bertz CT molecular complexity index is 933. The number of para-hydroxylation sites is 1. The highest BCUT2D eigenvalue weighted by Gasteiger charge is 2.29. The third-order valence-electron chi connectivity index (χ3n) is 5.41. The fourth-order valence-corrected chi connectivity index (χ4v) is 3.78. The largest absolute Gasteiger partial charge is 0.342 e. The molecule has 6 heteroatoms. The first-order valence-electron chi connectivity index (χ1n) is 9.27. The molecule has 3 aromatic rings. The number of aromatic nitrogens is 4. The molecule has 1 aliphatic rings. The standard InChI is InChI=1S/C20H25N5O/c1-13-11-21-25(12-13)15(3)20(26)24-9-7-16(8-10-24)19-22-17-6-4-5-14(2)18(17)23-19/h4-6,11-12,15-16H,7-10H2,1-3H3,(H,22,23). The Morgan fingerprint density at radius 2 is 2.04 bits per heavy atom. The Balaban J connectivity index is 1.43. The molecule has 1 saturated heterocycles. The summed E-state index contributed by atoms with van der Waals surface area (Å²) in [5.74, 6) is 1.58. The van der Waals surface area contributed by atoms with Crippen LogP contribution in [0.5, 0.6) is 0 Å². The van der Waals surface area contributed by atoms with Crippen molar-refractivity contribution >= 4 is 16.9 Å². The average molecular weight is 351 g/mol. The molecule has 136 valence electrons. The van der Waals surface area contributed by atoms with Crippen LogP contribution in [0, 0.1) is 13.8 Å². The van der Waals surface area contributed by atoms with Crippen LogP contribution in [-0.4, -0.2) is 43.6 Å². The van der Waals surface area contributed by atoms with Gasteiger partial charge in [-0.15, -0.1) is 0 Å². The van der Waals surface area contributed by atoms with E-state index in [-0.39, 0.29) is 11.9 Å². The Hall–Kier alpha value is -2.63. The molecule has 26 heavy (non-hydrogen) atoms. The van der Waals surface area contributed by atoms with Crippen molar-refractivity contribution in [2.24, 2.45) is 0 Å². The zero-order valence-electron chi connectivity index (χ0n) is 15.6. The monoisotopic (exact) mass is 351 g/mol. The predicted molar refractivity (Wildman–Crippen MR) is 101 cm³/mol. The number of benzene rings is 1. The van der Waals surface area contributed by atoms with E-state index in [1.807, 2.05) is 24.9 Å². The molecule has 4 rings (SSSR count). The van der Waals surface area contributed by atoms with E-state index in [1.54, 1.807) is 10.9 Å². The molecule has 1 N–H and O–H groups in total. The van der Waals surface area contributed by atoms with Crippen LogP contribution in [0.1, 0.15) is 48.7 Å². The number of aromatic amines is 1. The molecule has 1 fully saturated rings. The minimum Gasteiger partial charge on any atom is -0.342 e. The summed E-state index contributed by atoms with van der Waals surface area (Å²) >= 11 is 0. The van der Waals surface area contributed by atoms with Crippen molar-refractivity contribution < 1.29 is 4.79 Å². The van der Waals surface area contributed by atoms with E-state index >= 15 is 0 Å². The van der Waals surface area contributed by atoms with Gasteiger partial charge in [-0.05, 0) is 50.8 Å². The van der Waals surface area contributed by atoms with Crippen molar-refractivity contribution in [3.8, 4) is 0 Å². The Kier molecular flexibility index (Phi) is 4.26. The number of imidazole rings is 1. The molecular formula is C20H25N5O. The van der Waals surface area contributed by atoms with E-state index in [0.29, 0.717) is 5.92 Å². The van der Waals surface area contributed by atoms with Gasteiger partial charge in [0.2, 0.25) is 5.91 Å². The number of hydrogen-bond donors (Lipinski definition) is 1. The quantitative estimate of drug-likeness (QED) is 0.787. The number of rotatable bonds is 3. The Morgan fingerprint density at radius 1 is 1.27 bits per heavy atom. The molecule has 1 aliphatic heterocycles. The van der Waals surface area contributed by atoms with Gasteiger partial charge in [-0.3, -0.25) is 9.48 Å². The van der Waals surface area contributed by atoms with Crippen molar-refractivity contribution in [3.05, 3.63) is 47.5 Å². The van der Waals surface area contributed by atoms with Crippen molar-refractivity contribution in [1.29, 1.82) is 0 Å². The molecule has 1 amide bonds. The molecule has 1 aromatic carbocycles. The van der Waals surface area contributed by atoms with Gasteiger partial charge in [0, 0.05) is 25.2 Å². The highest BCUT2D eigenvalue weighted by molar-refractivity contribution is 5.80. The SMILES string of the molecule is Cc1cnn(C(C)C(=O)N2CCC(c3nc4c(C)cccc4[nH]3)CC2)c1. The smallest absolute Gasteiger partial charge is 0.247 e. The highest BCUT2D eigenvalue weighted by Crippen LogP contribution is 2.29. The first kappa shape index (κ1) is 16.8. The zero-order chi connectivity index (χ0) is 18.3. The van der Waals surface area contributed by atoms with Crippen LogP contribution in [0.25, 0.3) is 11.0 Å². The third kappa shape index (κ3) is 3.00. The molecule has 6 nitrogen and oxygen atoms in total. The van der Waals surface area contributed by atoms with E-state index in [9.17, 15) is 4.79 Å². The van der Waals surface area contributed by atoms with Crippen molar-refractivity contribution in [2.45, 2.75) is 45.6 Å². The summed E-state index contributed by atoms with van der Waals surface area (Å²) in [5.41, 5.74) is 4.43. The van der Waals surface area contributed by atoms with Crippen molar-refractivity contribution in [3.63, 3.8) is 0 Å². The first-order chi connectivity index (χ1) is 12.5. The fourth-order valence-electron chi connectivity index (χ4n) is 3.78. The van der Waals surface area contributed by atoms with Gasteiger partial charge < -0.3 is 9.88 Å². The maximum Gasteiger partial charge on any atom is 0.247 e. The number of carbonyl (C=O) groups excluding carboxylic acids is 1. The molecule has 0 spiro atoms. The van der Waals surface area contributed by atoms with Gasteiger partial charge in [0.05, 0.1) is 17.2 Å². The second kappa shape index (κ2) is 6.59.